The third kappa shape index (κ3) is 3.16. The van der Waals surface area contributed by atoms with Crippen LogP contribution in [0.4, 0.5) is 5.82 Å². The van der Waals surface area contributed by atoms with E-state index in [1.54, 1.807) is 36.4 Å². The smallest absolute Gasteiger partial charge is 0.323 e. The topological polar surface area (TPSA) is 82.9 Å². The molecule has 1 aromatic carbocycles. The van der Waals surface area contributed by atoms with Gasteiger partial charge in [-0.15, -0.1) is 0 Å². The summed E-state index contributed by atoms with van der Waals surface area (Å²) >= 11 is 0. The van der Waals surface area contributed by atoms with Crippen LogP contribution in [0.3, 0.4) is 0 Å². The third-order valence-corrected chi connectivity index (χ3v) is 2.92. The first-order valence-corrected chi connectivity index (χ1v) is 6.15. The Hall–Kier alpha value is -2.34. The second-order valence-electron chi connectivity index (χ2n) is 4.35. The number of carboxylic acid groups (broad SMARTS) is 1. The van der Waals surface area contributed by atoms with E-state index >= 15 is 0 Å². The predicted octanol–water partition coefficient (Wildman–Crippen LogP) is 1.48. The maximum absolute atomic E-state index is 11.0. The zero-order chi connectivity index (χ0) is 14.5. The summed E-state index contributed by atoms with van der Waals surface area (Å²) in [6.07, 6.45) is 1.62. The van der Waals surface area contributed by atoms with Crippen LogP contribution < -0.4 is 4.90 Å². The van der Waals surface area contributed by atoms with E-state index in [1.807, 2.05) is 6.07 Å². The minimum atomic E-state index is -0.944. The first-order valence-electron chi connectivity index (χ1n) is 6.15. The molecule has 106 valence electrons. The second kappa shape index (κ2) is 6.21. The summed E-state index contributed by atoms with van der Waals surface area (Å²) in [7, 11) is 1.56. The Morgan fingerprint density at radius 1 is 1.40 bits per heavy atom. The van der Waals surface area contributed by atoms with Crippen LogP contribution in [0.5, 0.6) is 5.75 Å². The monoisotopic (exact) mass is 276 g/mol. The van der Waals surface area contributed by atoms with Crippen LogP contribution in [0.2, 0.25) is 0 Å². The fourth-order valence-corrected chi connectivity index (χ4v) is 2.02. The number of phenolic OH excluding ortho intramolecular Hbond substituents is 1. The highest BCUT2D eigenvalue weighted by molar-refractivity contribution is 5.94. The normalized spacial score (nSPS) is 10.7. The van der Waals surface area contributed by atoms with Gasteiger partial charge in [0.25, 0.3) is 0 Å². The van der Waals surface area contributed by atoms with Crippen molar-refractivity contribution in [1.82, 2.24) is 4.98 Å². The minimum Gasteiger partial charge on any atom is -0.508 e. The molecule has 0 saturated heterocycles. The van der Waals surface area contributed by atoms with E-state index < -0.39 is 5.97 Å². The molecule has 0 spiro atoms. The molecule has 6 heteroatoms. The van der Waals surface area contributed by atoms with Gasteiger partial charge in [0.05, 0.1) is 6.61 Å². The van der Waals surface area contributed by atoms with Crippen LogP contribution >= 0.6 is 0 Å². The zero-order valence-corrected chi connectivity index (χ0v) is 11.1. The highest BCUT2D eigenvalue weighted by Gasteiger charge is 2.15. The Morgan fingerprint density at radius 3 is 2.90 bits per heavy atom. The van der Waals surface area contributed by atoms with Crippen LogP contribution in [-0.2, 0) is 9.53 Å². The van der Waals surface area contributed by atoms with Crippen molar-refractivity contribution in [2.45, 2.75) is 0 Å². The highest BCUT2D eigenvalue weighted by Crippen LogP contribution is 2.27. The van der Waals surface area contributed by atoms with Crippen LogP contribution in [-0.4, -0.2) is 48.0 Å². The number of methoxy groups -OCH3 is 1. The maximum atomic E-state index is 11.0. The fraction of sp³-hybridized carbons (Fsp3) is 0.286. The number of anilines is 1. The third-order valence-electron chi connectivity index (χ3n) is 2.92. The van der Waals surface area contributed by atoms with E-state index in [4.69, 9.17) is 9.84 Å². The van der Waals surface area contributed by atoms with E-state index in [2.05, 4.69) is 4.98 Å². The Kier molecular flexibility index (Phi) is 4.37. The molecule has 0 fully saturated rings. The molecule has 0 amide bonds. The average molecular weight is 276 g/mol. The van der Waals surface area contributed by atoms with E-state index in [1.165, 1.54) is 0 Å². The van der Waals surface area contributed by atoms with Crippen molar-refractivity contribution in [3.8, 4) is 5.75 Å². The van der Waals surface area contributed by atoms with Crippen molar-refractivity contribution in [1.29, 1.82) is 0 Å². The van der Waals surface area contributed by atoms with E-state index in [0.717, 1.165) is 5.39 Å². The lowest BCUT2D eigenvalue weighted by atomic mass is 10.1. The lowest BCUT2D eigenvalue weighted by molar-refractivity contribution is -0.135. The molecule has 0 aliphatic heterocycles. The number of carbonyl (C=O) groups is 1. The van der Waals surface area contributed by atoms with Crippen molar-refractivity contribution in [2.75, 3.05) is 31.7 Å². The summed E-state index contributed by atoms with van der Waals surface area (Å²) < 4.78 is 5.00. The van der Waals surface area contributed by atoms with E-state index in [9.17, 15) is 9.90 Å². The number of carboxylic acids is 1. The molecule has 1 aromatic heterocycles. The first-order chi connectivity index (χ1) is 9.61. The standard InChI is InChI=1S/C14H16N2O4/c1-20-7-6-16(9-13(18)19)14-12-8-11(17)3-2-10(12)4-5-15-14/h2-5,8,17H,6-7,9H2,1H3,(H,18,19). The van der Waals surface area contributed by atoms with Gasteiger partial charge < -0.3 is 19.8 Å². The Bertz CT molecular complexity index is 615. The van der Waals surface area contributed by atoms with Crippen LogP contribution in [0.25, 0.3) is 10.8 Å². The number of pyridine rings is 1. The highest BCUT2D eigenvalue weighted by atomic mass is 16.5. The molecule has 6 nitrogen and oxygen atoms in total. The Labute approximate surface area is 116 Å². The van der Waals surface area contributed by atoms with Gasteiger partial charge in [-0.05, 0) is 23.6 Å². The van der Waals surface area contributed by atoms with E-state index in [0.29, 0.717) is 24.4 Å². The molecule has 2 rings (SSSR count). The molecular formula is C14H16N2O4. The van der Waals surface area contributed by atoms with Gasteiger partial charge in [0.15, 0.2) is 0 Å². The molecule has 0 saturated carbocycles. The largest absolute Gasteiger partial charge is 0.508 e. The number of ether oxygens (including phenoxy) is 1. The number of aromatic nitrogens is 1. The number of benzene rings is 1. The van der Waals surface area contributed by atoms with Gasteiger partial charge in [0.1, 0.15) is 18.1 Å². The van der Waals surface area contributed by atoms with Gasteiger partial charge in [-0.25, -0.2) is 4.98 Å². The van der Waals surface area contributed by atoms with Crippen molar-refractivity contribution in [3.05, 3.63) is 30.5 Å². The molecular weight excluding hydrogens is 260 g/mol. The van der Waals surface area contributed by atoms with Crippen LogP contribution in [0, 0.1) is 0 Å². The number of phenols is 1. The van der Waals surface area contributed by atoms with Gasteiger partial charge in [0.2, 0.25) is 0 Å². The number of nitrogens with zero attached hydrogens (tertiary/aromatic N) is 2. The summed E-state index contributed by atoms with van der Waals surface area (Å²) in [5.41, 5.74) is 0. The Balaban J connectivity index is 2.45. The molecule has 0 atom stereocenters. The van der Waals surface area contributed by atoms with Crippen LogP contribution in [0.15, 0.2) is 30.5 Å². The predicted molar refractivity (Wildman–Crippen MR) is 75.1 cm³/mol. The molecule has 0 aliphatic carbocycles. The summed E-state index contributed by atoms with van der Waals surface area (Å²) in [6.45, 7) is 0.625. The minimum absolute atomic E-state index is 0.119. The lowest BCUT2D eigenvalue weighted by Crippen LogP contribution is -2.33. The molecule has 20 heavy (non-hydrogen) atoms. The average Bonchev–Trinajstić information content (AvgIpc) is 2.42. The zero-order valence-electron chi connectivity index (χ0n) is 11.1. The molecule has 1 heterocycles. The molecule has 0 unspecified atom stereocenters. The molecule has 2 aromatic rings. The van der Waals surface area contributed by atoms with Gasteiger partial charge in [-0.3, -0.25) is 4.79 Å². The van der Waals surface area contributed by atoms with Gasteiger partial charge in [-0.1, -0.05) is 6.07 Å². The number of hydrogen-bond acceptors (Lipinski definition) is 5. The molecule has 2 N–H and O–H groups in total. The summed E-state index contributed by atoms with van der Waals surface area (Å²) in [5, 5.41) is 20.2. The van der Waals surface area contributed by atoms with Crippen LogP contribution in [0.1, 0.15) is 0 Å². The lowest BCUT2D eigenvalue weighted by Gasteiger charge is -2.22. The molecule has 0 aliphatic rings. The van der Waals surface area contributed by atoms with Crippen molar-refractivity contribution in [3.63, 3.8) is 0 Å². The van der Waals surface area contributed by atoms with Gasteiger partial charge >= 0.3 is 5.97 Å². The number of aliphatic carboxylic acids is 1. The SMILES string of the molecule is COCCN(CC(=O)O)c1nccc2ccc(O)cc12. The second-order valence-corrected chi connectivity index (χ2v) is 4.35. The number of hydrogen-bond donors (Lipinski definition) is 2. The van der Waals surface area contributed by atoms with Crippen molar-refractivity contribution >= 4 is 22.6 Å². The number of rotatable bonds is 6. The molecule has 0 bridgehead atoms. The quantitative estimate of drug-likeness (QED) is 0.831. The fourth-order valence-electron chi connectivity index (χ4n) is 2.02. The summed E-state index contributed by atoms with van der Waals surface area (Å²) in [4.78, 5) is 16.9. The Morgan fingerprint density at radius 2 is 2.20 bits per heavy atom. The summed E-state index contributed by atoms with van der Waals surface area (Å²) in [6, 6.07) is 6.75. The summed E-state index contributed by atoms with van der Waals surface area (Å²) in [5.74, 6) is -0.299. The number of aromatic hydroxyl groups is 1. The number of fused-ring (bicyclic) bond motifs is 1. The van der Waals surface area contributed by atoms with Crippen molar-refractivity contribution < 1.29 is 19.7 Å². The molecule has 0 radical (unpaired) electrons. The first kappa shape index (κ1) is 14.1. The maximum Gasteiger partial charge on any atom is 0.323 e. The van der Waals surface area contributed by atoms with Crippen molar-refractivity contribution in [2.24, 2.45) is 0 Å². The van der Waals surface area contributed by atoms with Gasteiger partial charge in [0, 0.05) is 25.2 Å². The van der Waals surface area contributed by atoms with Gasteiger partial charge in [-0.2, -0.15) is 0 Å². The van der Waals surface area contributed by atoms with E-state index in [-0.39, 0.29) is 12.3 Å².